The molecule has 1 saturated carbocycles. The average molecular weight is 2180 g/mol. The largest absolute Gasteiger partial charge is 0.497 e. The number of fused-ring (bicyclic) bond motifs is 8. The lowest BCUT2D eigenvalue weighted by molar-refractivity contribution is 0.0465. The third kappa shape index (κ3) is 30.3. The summed E-state index contributed by atoms with van der Waals surface area (Å²) in [6.45, 7) is 46.6. The summed E-state index contributed by atoms with van der Waals surface area (Å²) in [5.74, 6) is 6.40. The lowest BCUT2D eigenvalue weighted by Gasteiger charge is -2.43. The Hall–Kier alpha value is -7.12. The summed E-state index contributed by atoms with van der Waals surface area (Å²) in [6.07, 6.45) is 6.23. The molecule has 0 aromatic heterocycles. The highest BCUT2D eigenvalue weighted by molar-refractivity contribution is 7.93. The molecule has 17 rings (SSSR count). The van der Waals surface area contributed by atoms with Crippen molar-refractivity contribution in [1.82, 2.24) is 0 Å². The van der Waals surface area contributed by atoms with E-state index in [0.29, 0.717) is 121 Å². The van der Waals surface area contributed by atoms with Gasteiger partial charge >= 0.3 is 0 Å². The van der Waals surface area contributed by atoms with Crippen LogP contribution in [0.1, 0.15) is 355 Å². The Morgan fingerprint density at radius 1 is 0.274 bits per heavy atom. The van der Waals surface area contributed by atoms with Crippen LogP contribution >= 0.6 is 0 Å². The topological polar surface area (TPSA) is 332 Å². The predicted molar refractivity (Wildman–Crippen MR) is 608 cm³/mol. The molecule has 0 saturated heterocycles. The van der Waals surface area contributed by atoms with Crippen LogP contribution in [0.5, 0.6) is 11.5 Å². The summed E-state index contributed by atoms with van der Waals surface area (Å²) in [6, 6.07) is 54.6. The van der Waals surface area contributed by atoms with Crippen LogP contribution in [0.3, 0.4) is 0 Å². The molecule has 826 valence electrons. The highest BCUT2D eigenvalue weighted by atomic mass is 32.2. The highest BCUT2D eigenvalue weighted by Gasteiger charge is 2.50. The van der Waals surface area contributed by atoms with Gasteiger partial charge < -0.3 is 19.7 Å². The summed E-state index contributed by atoms with van der Waals surface area (Å²) in [5.41, 5.74) is 5.54. The number of hydrogen-bond acceptors (Lipinski definition) is 20. The second-order valence-electron chi connectivity index (χ2n) is 44.4. The fourth-order valence-electron chi connectivity index (χ4n) is 23.0. The first kappa shape index (κ1) is 135. The third-order valence-electron chi connectivity index (χ3n) is 31.9. The van der Waals surface area contributed by atoms with Crippen molar-refractivity contribution in [3.05, 3.63) is 226 Å². The van der Waals surface area contributed by atoms with Crippen molar-refractivity contribution in [3.63, 3.8) is 0 Å². The number of sulfone groups is 8. The fraction of sp³-hybridized carbons (Fsp3) is 0.593. The monoisotopic (exact) mass is 2180 g/mol. The van der Waals surface area contributed by atoms with E-state index in [-0.39, 0.29) is 151 Å². The Bertz CT molecular complexity index is 6440. The molecule has 0 radical (unpaired) electrons. The smallest absolute Gasteiger partial charge is 0.179 e. The van der Waals surface area contributed by atoms with E-state index in [4.69, 9.17) is 9.47 Å². The maximum Gasteiger partial charge on any atom is 0.179 e. The first-order valence-corrected chi connectivity index (χ1v) is 62.1. The predicted octanol–water partition coefficient (Wildman–Crippen LogP) is 27.7. The van der Waals surface area contributed by atoms with Crippen molar-refractivity contribution >= 4 is 78.7 Å². The number of rotatable bonds is 2. The van der Waals surface area contributed by atoms with Gasteiger partial charge in [0, 0.05) is 22.7 Å². The van der Waals surface area contributed by atoms with Crippen molar-refractivity contribution in [2.75, 3.05) is 60.2 Å². The van der Waals surface area contributed by atoms with E-state index in [0.717, 1.165) is 59.1 Å². The normalized spacial score (nSPS) is 28.3. The van der Waals surface area contributed by atoms with Gasteiger partial charge in [-0.1, -0.05) is 347 Å². The van der Waals surface area contributed by atoms with Gasteiger partial charge in [0.05, 0.1) is 112 Å². The van der Waals surface area contributed by atoms with Crippen LogP contribution in [-0.2, 0) is 78.7 Å². The van der Waals surface area contributed by atoms with E-state index in [1.165, 1.54) is 33.5 Å². The first-order valence-electron chi connectivity index (χ1n) is 48.9. The van der Waals surface area contributed by atoms with E-state index in [9.17, 15) is 77.6 Å². The molecule has 8 aliphatic heterocycles. The minimum absolute atomic E-state index is 0. The molecule has 8 aromatic rings. The van der Waals surface area contributed by atoms with Gasteiger partial charge in [0.25, 0.3) is 0 Å². The molecule has 1 fully saturated rings. The standard InChI is InChI=1S/C17H24O2S.2C14H20O4S.C14H20O2S.3C13H18O2S.C12H16O2S.8CH4/c1-13-14(2)17(10-6-3-7-11-17)12-20(18,19)16-9-5-4-8-15(13)16;2*1-9-11-7-10(18-4)5-6-12(11)19(16,17)8-14(2,3)13(9)15;1-10-11(2)14(3,4)9-17(15,16)13-8-6-5-7-12(10)13;1-10-8-13(2,3)9-16(14,15)12-7-5-4-6-11(10)12;2*1-9-8-16(14,15)13-7-5-4-6-12(13)11(3)10(9)2;1-9-7-10(2)11-5-3-4-6-12(11)15(13,14)8-9;;;;;;;;/h4-5,8-9,13-14H,3,6-7,10-12H2,1-2H3;2*5-7,9,13,15H,8H2,1-4H3;5-8,10-11H,9H2,1-4H3;4-7,10H,8-9H2,1-3H3;2*4-7,9-11H,8H2,1-3H3;3-6,9-10H,7-8H2,1-2H3;8*1H4/t13-,14-;2*9-,13-;10-,11-;10-;9-,10+,11+;9-,10+,11-;9-,10+;;;;;;;;/m11000110......../s1. The van der Waals surface area contributed by atoms with Crippen LogP contribution < -0.4 is 9.47 Å². The summed E-state index contributed by atoms with van der Waals surface area (Å²) >= 11 is 0. The Morgan fingerprint density at radius 3 is 0.890 bits per heavy atom. The molecule has 0 unspecified atom stereocenters. The van der Waals surface area contributed by atoms with Gasteiger partial charge in [0.15, 0.2) is 78.7 Å². The molecule has 1 aliphatic carbocycles. The van der Waals surface area contributed by atoms with Crippen LogP contribution in [0.25, 0.3) is 0 Å². The van der Waals surface area contributed by atoms with Gasteiger partial charge in [0.2, 0.25) is 0 Å². The molecule has 146 heavy (non-hydrogen) atoms. The maximum atomic E-state index is 12.9. The number of ether oxygens (including phenoxy) is 2. The molecule has 1 spiro atoms. The van der Waals surface area contributed by atoms with Crippen LogP contribution in [0.4, 0.5) is 0 Å². The van der Waals surface area contributed by atoms with Crippen LogP contribution in [0.2, 0.25) is 0 Å². The Balaban J connectivity index is 0.000000560. The number of aliphatic hydroxyl groups is 2. The van der Waals surface area contributed by atoms with E-state index < -0.39 is 102 Å². The minimum Gasteiger partial charge on any atom is -0.497 e. The van der Waals surface area contributed by atoms with E-state index in [1.807, 2.05) is 146 Å². The molecule has 0 bridgehead atoms. The number of methoxy groups -OCH3 is 2. The zero-order chi connectivity index (χ0) is 103. The second-order valence-corrected chi connectivity index (χ2v) is 60.2. The van der Waals surface area contributed by atoms with Gasteiger partial charge in [-0.3, -0.25) is 0 Å². The van der Waals surface area contributed by atoms with E-state index in [2.05, 4.69) is 83.1 Å². The SMILES string of the molecule is C.C.C.C.C.C.C.C.COc1ccc2c(c1)[C@@H](C)[C@@H](O)C(C)(C)CS2(=O)=O.COc1ccc2c(c1)[C@H](C)[C@H](O)C(C)(C)CS2(=O)=O.C[C@@H]1[C@@H](C)c2ccccc2S(=O)(=O)CC12CCCCC2.C[C@@H]1c2ccccc2S(=O)(=O)CC(C)(C)[C@H]1C.C[C@H]1CC(C)(C)CS(=O)(=O)c2ccccc21.C[C@H]1C[C@@H](C)c2ccccc2S(=O)(=O)C1.C[C@H]1[C@H](C)CS(=O)(=O)c2ccccc2[C@@H]1C.C[C@H]1[C@H](C)CS(=O)(=O)c2ccccc2[C@H]1C. The molecule has 9 aliphatic rings. The molecule has 8 aromatic carbocycles. The molecule has 17 atom stereocenters. The van der Waals surface area contributed by atoms with Gasteiger partial charge in [-0.2, -0.15) is 0 Å². The highest BCUT2D eigenvalue weighted by Crippen LogP contribution is 2.54. The Morgan fingerprint density at radius 2 is 0.541 bits per heavy atom. The quantitative estimate of drug-likeness (QED) is 0.162. The zero-order valence-electron chi connectivity index (χ0n) is 85.8. The molecule has 0 amide bonds. The van der Waals surface area contributed by atoms with Crippen LogP contribution in [0, 0.1) is 68.5 Å². The number of benzene rings is 8. The van der Waals surface area contributed by atoms with Gasteiger partial charge in [0.1, 0.15) is 11.5 Å². The lowest BCUT2D eigenvalue weighted by Crippen LogP contribution is -2.38. The van der Waals surface area contributed by atoms with Crippen molar-refractivity contribution in [1.29, 1.82) is 0 Å². The van der Waals surface area contributed by atoms with Crippen molar-refractivity contribution < 1.29 is 87.0 Å². The lowest BCUT2D eigenvalue weighted by atomic mass is 9.63. The molecule has 28 heteroatoms. The van der Waals surface area contributed by atoms with E-state index in [1.54, 1.807) is 113 Å². The second kappa shape index (κ2) is 52.0. The summed E-state index contributed by atoms with van der Waals surface area (Å²) in [5, 5.41) is 20.8. The van der Waals surface area contributed by atoms with Gasteiger partial charge in [-0.25, -0.2) is 67.3 Å². The van der Waals surface area contributed by atoms with Crippen molar-refractivity contribution in [2.45, 2.75) is 362 Å². The van der Waals surface area contributed by atoms with Gasteiger partial charge in [-0.15, -0.1) is 0 Å². The van der Waals surface area contributed by atoms with Crippen molar-refractivity contribution in [2.24, 2.45) is 68.5 Å². The summed E-state index contributed by atoms with van der Waals surface area (Å²) < 4.78 is 208. The van der Waals surface area contributed by atoms with Crippen LogP contribution in [-0.4, -0.2) is 150 Å². The summed E-state index contributed by atoms with van der Waals surface area (Å²) in [4.78, 5) is 3.90. The van der Waals surface area contributed by atoms with Crippen LogP contribution in [0.15, 0.2) is 221 Å². The number of aliphatic hydroxyl groups excluding tert-OH is 2. The zero-order valence-corrected chi connectivity index (χ0v) is 92.3. The fourth-order valence-corrected chi connectivity index (χ4v) is 40.3. The summed E-state index contributed by atoms with van der Waals surface area (Å²) in [7, 11) is -22.4. The van der Waals surface area contributed by atoms with Crippen molar-refractivity contribution in [3.8, 4) is 11.5 Å². The van der Waals surface area contributed by atoms with E-state index >= 15 is 0 Å². The molecular formula is C118H186O20S8. The molecule has 2 N–H and O–H groups in total. The molecule has 8 heterocycles. The molecule has 20 nitrogen and oxygen atoms in total. The minimum atomic E-state index is -3.39. The average Bonchev–Trinajstić information content (AvgIpc) is 1.52. The number of hydrogen-bond donors (Lipinski definition) is 2. The Kier molecular flexibility index (Phi) is 48.1. The molecular weight excluding hydrogens is 1990 g/mol. The Labute approximate surface area is 887 Å². The van der Waals surface area contributed by atoms with Gasteiger partial charge in [-0.05, 0) is 236 Å². The first-order chi connectivity index (χ1) is 63.8. The maximum absolute atomic E-state index is 12.9. The third-order valence-corrected chi connectivity index (χ3v) is 48.7.